The van der Waals surface area contributed by atoms with Gasteiger partial charge >= 0.3 is 0 Å². The Labute approximate surface area is 153 Å². The van der Waals surface area contributed by atoms with E-state index in [2.05, 4.69) is 4.72 Å². The minimum Gasteiger partial charge on any atom is -0.493 e. The molecule has 26 heavy (non-hydrogen) atoms. The highest BCUT2D eigenvalue weighted by molar-refractivity contribution is 7.90. The van der Waals surface area contributed by atoms with Gasteiger partial charge in [-0.25, -0.2) is 21.6 Å². The van der Waals surface area contributed by atoms with Gasteiger partial charge in [0.2, 0.25) is 10.0 Å². The smallest absolute Gasteiger partial charge is 0.241 e. The number of nitrogens with one attached hydrogen (secondary N) is 1. The number of hydrogen-bond acceptors (Lipinski definition) is 6. The molecule has 2 aromatic rings. The fourth-order valence-corrected chi connectivity index (χ4v) is 4.23. The summed E-state index contributed by atoms with van der Waals surface area (Å²) in [6.07, 6.45) is 1.12. The average Bonchev–Trinajstić information content (AvgIpc) is 2.60. The summed E-state index contributed by atoms with van der Waals surface area (Å²) < 4.78 is 61.0. The first-order valence-electron chi connectivity index (χ1n) is 7.63. The zero-order chi connectivity index (χ0) is 19.5. The van der Waals surface area contributed by atoms with E-state index in [9.17, 15) is 16.8 Å². The molecule has 0 spiro atoms. The number of sulfonamides is 1. The molecule has 1 unspecified atom stereocenters. The first-order chi connectivity index (χ1) is 12.1. The Morgan fingerprint density at radius 1 is 0.846 bits per heavy atom. The van der Waals surface area contributed by atoms with Crippen LogP contribution in [0.15, 0.2) is 52.3 Å². The average molecular weight is 399 g/mol. The van der Waals surface area contributed by atoms with Crippen LogP contribution >= 0.6 is 0 Å². The summed E-state index contributed by atoms with van der Waals surface area (Å²) in [5.41, 5.74) is 0.640. The lowest BCUT2D eigenvalue weighted by atomic mass is 10.1. The van der Waals surface area contributed by atoms with Crippen LogP contribution in [0.3, 0.4) is 0 Å². The lowest BCUT2D eigenvalue weighted by Crippen LogP contribution is -2.27. The summed E-state index contributed by atoms with van der Waals surface area (Å²) in [5, 5.41) is 0. The molecule has 2 rings (SSSR count). The van der Waals surface area contributed by atoms with Crippen LogP contribution in [0.1, 0.15) is 18.5 Å². The van der Waals surface area contributed by atoms with Crippen molar-refractivity contribution in [3.8, 4) is 11.5 Å². The molecule has 0 aliphatic heterocycles. The van der Waals surface area contributed by atoms with Crippen molar-refractivity contribution < 1.29 is 26.3 Å². The lowest BCUT2D eigenvalue weighted by molar-refractivity contribution is 0.354. The molecule has 7 nitrogen and oxygen atoms in total. The molecule has 0 fully saturated rings. The summed E-state index contributed by atoms with van der Waals surface area (Å²) in [7, 11) is -4.22. The van der Waals surface area contributed by atoms with E-state index in [1.165, 1.54) is 44.6 Å². The number of sulfone groups is 1. The Hall–Kier alpha value is -2.10. The maximum Gasteiger partial charge on any atom is 0.241 e. The van der Waals surface area contributed by atoms with E-state index < -0.39 is 25.9 Å². The van der Waals surface area contributed by atoms with E-state index in [0.29, 0.717) is 17.1 Å². The lowest BCUT2D eigenvalue weighted by Gasteiger charge is -2.16. The molecule has 142 valence electrons. The van der Waals surface area contributed by atoms with Gasteiger partial charge in [-0.1, -0.05) is 12.1 Å². The van der Waals surface area contributed by atoms with Gasteiger partial charge in [-0.3, -0.25) is 0 Å². The molecule has 0 radical (unpaired) electrons. The van der Waals surface area contributed by atoms with Crippen molar-refractivity contribution in [2.24, 2.45) is 0 Å². The number of rotatable bonds is 7. The molecule has 1 N–H and O–H groups in total. The highest BCUT2D eigenvalue weighted by Gasteiger charge is 2.20. The molecular weight excluding hydrogens is 378 g/mol. The van der Waals surface area contributed by atoms with Gasteiger partial charge in [-0.15, -0.1) is 0 Å². The van der Waals surface area contributed by atoms with E-state index in [1.54, 1.807) is 19.1 Å². The third-order valence-electron chi connectivity index (χ3n) is 3.81. The van der Waals surface area contributed by atoms with E-state index in [0.717, 1.165) is 6.26 Å². The molecule has 0 saturated carbocycles. The summed E-state index contributed by atoms with van der Waals surface area (Å²) in [5.74, 6) is 0.733. The van der Waals surface area contributed by atoms with E-state index in [4.69, 9.17) is 9.47 Å². The van der Waals surface area contributed by atoms with Crippen molar-refractivity contribution >= 4 is 19.9 Å². The highest BCUT2D eigenvalue weighted by atomic mass is 32.2. The number of benzene rings is 2. The van der Waals surface area contributed by atoms with Crippen LogP contribution in [0.2, 0.25) is 0 Å². The molecule has 0 aliphatic carbocycles. The zero-order valence-electron chi connectivity index (χ0n) is 14.9. The maximum absolute atomic E-state index is 12.6. The maximum atomic E-state index is 12.6. The van der Waals surface area contributed by atoms with Crippen LogP contribution in [0.4, 0.5) is 0 Å². The van der Waals surface area contributed by atoms with Crippen molar-refractivity contribution in [1.29, 1.82) is 0 Å². The van der Waals surface area contributed by atoms with Gasteiger partial charge in [0.1, 0.15) is 0 Å². The van der Waals surface area contributed by atoms with Crippen molar-refractivity contribution in [1.82, 2.24) is 4.72 Å². The minimum absolute atomic E-state index is 0.0368. The van der Waals surface area contributed by atoms with Gasteiger partial charge in [0.25, 0.3) is 0 Å². The van der Waals surface area contributed by atoms with Crippen LogP contribution in [0.25, 0.3) is 0 Å². The Bertz CT molecular complexity index is 982. The third kappa shape index (κ3) is 4.54. The fraction of sp³-hybridized carbons (Fsp3) is 0.294. The Morgan fingerprint density at radius 2 is 1.38 bits per heavy atom. The van der Waals surface area contributed by atoms with Gasteiger partial charge in [-0.05, 0) is 36.8 Å². The monoisotopic (exact) mass is 399 g/mol. The normalized spacial score (nSPS) is 13.2. The largest absolute Gasteiger partial charge is 0.493 e. The van der Waals surface area contributed by atoms with Crippen LogP contribution in [-0.4, -0.2) is 37.3 Å². The summed E-state index contributed by atoms with van der Waals surface area (Å²) >= 11 is 0. The van der Waals surface area contributed by atoms with Gasteiger partial charge in [0, 0.05) is 18.4 Å². The second kappa shape index (κ2) is 7.65. The van der Waals surface area contributed by atoms with Crippen LogP contribution in [-0.2, 0) is 19.9 Å². The first kappa shape index (κ1) is 20.2. The second-order valence-corrected chi connectivity index (χ2v) is 9.43. The number of ether oxygens (including phenoxy) is 2. The topological polar surface area (TPSA) is 98.8 Å². The van der Waals surface area contributed by atoms with Crippen molar-refractivity contribution in [2.45, 2.75) is 22.8 Å². The Kier molecular flexibility index (Phi) is 5.94. The highest BCUT2D eigenvalue weighted by Crippen LogP contribution is 2.30. The molecule has 2 aromatic carbocycles. The van der Waals surface area contributed by atoms with Crippen molar-refractivity contribution in [2.75, 3.05) is 20.5 Å². The van der Waals surface area contributed by atoms with E-state index in [1.807, 2.05) is 0 Å². The van der Waals surface area contributed by atoms with E-state index in [-0.39, 0.29) is 9.79 Å². The van der Waals surface area contributed by atoms with E-state index >= 15 is 0 Å². The number of methoxy groups -OCH3 is 2. The number of hydrogen-bond donors (Lipinski definition) is 1. The molecule has 0 amide bonds. The van der Waals surface area contributed by atoms with Gasteiger partial charge in [0.05, 0.1) is 24.0 Å². The Morgan fingerprint density at radius 3 is 1.88 bits per heavy atom. The molecule has 0 aliphatic rings. The quantitative estimate of drug-likeness (QED) is 0.766. The zero-order valence-corrected chi connectivity index (χ0v) is 16.5. The second-order valence-electron chi connectivity index (χ2n) is 5.70. The SMILES string of the molecule is COc1ccc(S(=O)(=O)NC(C)c2ccc(S(C)(=O)=O)cc2)cc1OC. The van der Waals surface area contributed by atoms with Gasteiger partial charge in [-0.2, -0.15) is 0 Å². The predicted molar refractivity (Wildman–Crippen MR) is 97.8 cm³/mol. The molecule has 0 saturated heterocycles. The molecule has 0 bridgehead atoms. The van der Waals surface area contributed by atoms with Crippen molar-refractivity contribution in [3.05, 3.63) is 48.0 Å². The van der Waals surface area contributed by atoms with Crippen molar-refractivity contribution in [3.63, 3.8) is 0 Å². The summed E-state index contributed by atoms with van der Waals surface area (Å²) in [4.78, 5) is 0.214. The van der Waals surface area contributed by atoms with Gasteiger partial charge < -0.3 is 9.47 Å². The van der Waals surface area contributed by atoms with Crippen LogP contribution < -0.4 is 14.2 Å². The van der Waals surface area contributed by atoms with Crippen LogP contribution in [0.5, 0.6) is 11.5 Å². The summed E-state index contributed by atoms with van der Waals surface area (Å²) in [6.45, 7) is 1.67. The third-order valence-corrected chi connectivity index (χ3v) is 6.47. The Balaban J connectivity index is 2.26. The van der Waals surface area contributed by atoms with Crippen LogP contribution in [0, 0.1) is 0 Å². The molecular formula is C17H21NO6S2. The summed E-state index contributed by atoms with van der Waals surface area (Å²) in [6, 6.07) is 9.82. The first-order valence-corrected chi connectivity index (χ1v) is 11.0. The molecule has 1 atom stereocenters. The standard InChI is InChI=1S/C17H21NO6S2/c1-12(13-5-7-14(8-6-13)25(4,19)20)18-26(21,22)15-9-10-16(23-2)17(11-15)24-3/h5-12,18H,1-4H3. The van der Waals surface area contributed by atoms with Gasteiger partial charge in [0.15, 0.2) is 21.3 Å². The predicted octanol–water partition coefficient (Wildman–Crippen LogP) is 2.15. The fourth-order valence-electron chi connectivity index (χ4n) is 2.36. The minimum atomic E-state index is -3.81. The molecule has 0 heterocycles. The molecule has 9 heteroatoms. The molecule has 0 aromatic heterocycles.